The van der Waals surface area contributed by atoms with Crippen molar-refractivity contribution in [2.24, 2.45) is 5.92 Å². The van der Waals surface area contributed by atoms with Gasteiger partial charge in [0.05, 0.1) is 6.08 Å². The van der Waals surface area contributed by atoms with Gasteiger partial charge in [-0.05, 0) is 30.9 Å². The van der Waals surface area contributed by atoms with Crippen molar-refractivity contribution in [1.29, 1.82) is 0 Å². The highest BCUT2D eigenvalue weighted by atomic mass is 19.1. The Kier molecular flexibility index (Phi) is 6.36. The summed E-state index contributed by atoms with van der Waals surface area (Å²) in [6.45, 7) is 13.3. The Hall–Kier alpha value is -2.90. The van der Waals surface area contributed by atoms with E-state index >= 15 is 0 Å². The third-order valence-corrected chi connectivity index (χ3v) is 5.83. The zero-order chi connectivity index (χ0) is 23.7. The van der Waals surface area contributed by atoms with E-state index in [1.54, 1.807) is 13.8 Å². The number of rotatable bonds is 4. The van der Waals surface area contributed by atoms with Gasteiger partial charge in [0.1, 0.15) is 28.6 Å². The largest absolute Gasteiger partial charge is 0.457 e. The number of halogens is 2. The van der Waals surface area contributed by atoms with Crippen LogP contribution in [0.2, 0.25) is 0 Å². The number of benzene rings is 1. The number of hydrogen-bond acceptors (Lipinski definition) is 4. The van der Waals surface area contributed by atoms with Crippen LogP contribution in [0.3, 0.4) is 0 Å². The van der Waals surface area contributed by atoms with Gasteiger partial charge in [0, 0.05) is 39.7 Å². The minimum atomic E-state index is -1.54. The van der Waals surface area contributed by atoms with E-state index in [2.05, 4.69) is 16.7 Å². The van der Waals surface area contributed by atoms with Crippen molar-refractivity contribution in [1.82, 2.24) is 0 Å². The first-order chi connectivity index (χ1) is 14.8. The topological polar surface area (TPSA) is 60.1 Å². The number of ether oxygens (including phenoxy) is 2. The molecule has 1 heterocycles. The first-order valence-corrected chi connectivity index (χ1v) is 10.6. The summed E-state index contributed by atoms with van der Waals surface area (Å²) in [7, 11) is 0. The van der Waals surface area contributed by atoms with Gasteiger partial charge in [-0.2, -0.15) is 0 Å². The number of esters is 1. The van der Waals surface area contributed by atoms with Crippen molar-refractivity contribution >= 4 is 5.97 Å². The molecule has 0 amide bonds. The molecule has 5 nitrogen and oxygen atoms in total. The van der Waals surface area contributed by atoms with Crippen LogP contribution in [0.1, 0.15) is 70.9 Å². The molecule has 1 N–H and O–H groups in total. The predicted molar refractivity (Wildman–Crippen MR) is 114 cm³/mol. The molecule has 1 aromatic carbocycles. The summed E-state index contributed by atoms with van der Waals surface area (Å²) >= 11 is 0. The van der Waals surface area contributed by atoms with Gasteiger partial charge in [-0.15, -0.1) is 0 Å². The van der Waals surface area contributed by atoms with E-state index in [9.17, 15) is 18.7 Å². The Bertz CT molecular complexity index is 1030. The Balaban J connectivity index is 1.96. The van der Waals surface area contributed by atoms with Crippen molar-refractivity contribution in [2.45, 2.75) is 76.7 Å². The Labute approximate surface area is 187 Å². The predicted octanol–water partition coefficient (Wildman–Crippen LogP) is 4.98. The molecule has 1 aromatic rings. The van der Waals surface area contributed by atoms with Gasteiger partial charge in [-0.25, -0.2) is 20.1 Å². The summed E-state index contributed by atoms with van der Waals surface area (Å²) in [6.07, 6.45) is 4.50. The van der Waals surface area contributed by atoms with E-state index in [1.807, 2.05) is 0 Å². The van der Waals surface area contributed by atoms with Gasteiger partial charge in [-0.3, -0.25) is 0 Å². The van der Waals surface area contributed by atoms with E-state index in [1.165, 1.54) is 19.9 Å². The lowest BCUT2D eigenvalue weighted by Gasteiger charge is -2.35. The summed E-state index contributed by atoms with van der Waals surface area (Å²) in [4.78, 5) is 15.2. The summed E-state index contributed by atoms with van der Waals surface area (Å²) < 4.78 is 40.0. The second-order valence-electron chi connectivity index (χ2n) is 9.35. The van der Waals surface area contributed by atoms with E-state index in [0.29, 0.717) is 0 Å². The summed E-state index contributed by atoms with van der Waals surface area (Å²) in [5.41, 5.74) is -3.15. The highest BCUT2D eigenvalue weighted by Crippen LogP contribution is 2.39. The lowest BCUT2D eigenvalue weighted by atomic mass is 9.82. The lowest BCUT2D eigenvalue weighted by Crippen LogP contribution is -2.40. The Morgan fingerprint density at radius 2 is 1.81 bits per heavy atom. The van der Waals surface area contributed by atoms with E-state index in [-0.39, 0.29) is 29.2 Å². The molecule has 1 unspecified atom stereocenters. The van der Waals surface area contributed by atoms with Crippen LogP contribution in [0.5, 0.6) is 0 Å². The molecule has 1 aliphatic heterocycles. The molecular formula is C25H27F2NO4. The van der Waals surface area contributed by atoms with Crippen LogP contribution in [0.4, 0.5) is 8.78 Å². The number of carbonyl (C=O) groups is 1. The molecule has 7 heteroatoms. The van der Waals surface area contributed by atoms with Crippen LogP contribution in [-0.2, 0) is 19.8 Å². The maximum atomic E-state index is 14.6. The van der Waals surface area contributed by atoms with Gasteiger partial charge >= 0.3 is 5.97 Å². The number of hydrogen-bond donors (Lipinski definition) is 1. The number of cyclic esters (lactones) is 1. The standard InChI is InChI=1S/C25H27F2NO4/c1-23(2,28-5)22-19(26)12-16(13-20(22)27)10-11-25(30,17-8-6-7-9-17)15-18-14-21(29)32-24(3,4)31-18/h12-14,17,30H,6-9,15H2,1-4H3. The van der Waals surface area contributed by atoms with Crippen LogP contribution in [0.25, 0.3) is 4.85 Å². The van der Waals surface area contributed by atoms with Crippen LogP contribution < -0.4 is 0 Å². The molecule has 2 aliphatic rings. The lowest BCUT2D eigenvalue weighted by molar-refractivity contribution is -0.207. The van der Waals surface area contributed by atoms with Crippen molar-refractivity contribution in [2.75, 3.05) is 0 Å². The highest BCUT2D eigenvalue weighted by molar-refractivity contribution is 5.83. The molecule has 3 rings (SSSR count). The molecule has 0 aromatic heterocycles. The fourth-order valence-electron chi connectivity index (χ4n) is 4.28. The summed E-state index contributed by atoms with van der Waals surface area (Å²) in [5.74, 6) is 2.14. The number of nitrogens with zero attached hydrogens (tertiary/aromatic N) is 1. The number of carbonyl (C=O) groups excluding carboxylic acids is 1. The van der Waals surface area contributed by atoms with E-state index < -0.39 is 34.5 Å². The zero-order valence-electron chi connectivity index (χ0n) is 18.7. The third-order valence-electron chi connectivity index (χ3n) is 5.83. The molecule has 1 aliphatic carbocycles. The molecule has 0 radical (unpaired) electrons. The quantitative estimate of drug-likeness (QED) is 0.405. The van der Waals surface area contributed by atoms with Gasteiger partial charge in [0.15, 0.2) is 0 Å². The maximum absolute atomic E-state index is 14.6. The molecule has 32 heavy (non-hydrogen) atoms. The smallest absolute Gasteiger partial charge is 0.337 e. The molecule has 170 valence electrons. The SMILES string of the molecule is [C-]#[N+]C(C)(C)c1c(F)cc(C#CC(O)(CC2=CC(=O)OC(C)(C)O2)C2CCCC2)cc1F. The van der Waals surface area contributed by atoms with Gasteiger partial charge in [0.25, 0.3) is 5.54 Å². The summed E-state index contributed by atoms with van der Waals surface area (Å²) in [5, 5.41) is 11.5. The number of aliphatic hydroxyl groups is 1. The molecule has 1 fully saturated rings. The maximum Gasteiger partial charge on any atom is 0.337 e. The second-order valence-corrected chi connectivity index (χ2v) is 9.35. The van der Waals surface area contributed by atoms with Crippen LogP contribution >= 0.6 is 0 Å². The molecule has 0 bridgehead atoms. The first-order valence-electron chi connectivity index (χ1n) is 10.6. The molecule has 0 saturated heterocycles. The molecule has 1 saturated carbocycles. The van der Waals surface area contributed by atoms with Crippen molar-refractivity contribution in [3.05, 3.63) is 58.1 Å². The average molecular weight is 443 g/mol. The van der Waals surface area contributed by atoms with Crippen molar-refractivity contribution in [3.63, 3.8) is 0 Å². The van der Waals surface area contributed by atoms with Crippen molar-refractivity contribution in [3.8, 4) is 11.8 Å². The minimum absolute atomic E-state index is 0.0446. The zero-order valence-corrected chi connectivity index (χ0v) is 18.7. The molecular weight excluding hydrogens is 416 g/mol. The molecule has 1 atom stereocenters. The molecule has 0 spiro atoms. The van der Waals surface area contributed by atoms with E-state index in [4.69, 9.17) is 16.0 Å². The van der Waals surface area contributed by atoms with Gasteiger partial charge in [-0.1, -0.05) is 24.7 Å². The van der Waals surface area contributed by atoms with Crippen molar-refractivity contribution < 1.29 is 28.2 Å². The highest BCUT2D eigenvalue weighted by Gasteiger charge is 2.41. The van der Waals surface area contributed by atoms with Crippen LogP contribution in [0.15, 0.2) is 24.0 Å². The second kappa shape index (κ2) is 8.56. The average Bonchev–Trinajstić information content (AvgIpc) is 3.19. The normalized spacial score (nSPS) is 20.2. The van der Waals surface area contributed by atoms with Gasteiger partial charge < -0.3 is 19.4 Å². The minimum Gasteiger partial charge on any atom is -0.457 e. The Morgan fingerprint density at radius 1 is 1.22 bits per heavy atom. The van der Waals surface area contributed by atoms with Crippen LogP contribution in [0, 0.1) is 36.0 Å². The monoisotopic (exact) mass is 443 g/mol. The summed E-state index contributed by atoms with van der Waals surface area (Å²) in [6, 6.07) is 2.15. The fourth-order valence-corrected chi connectivity index (χ4v) is 4.28. The fraction of sp³-hybridized carbons (Fsp3) is 0.520. The van der Waals surface area contributed by atoms with Crippen LogP contribution in [-0.4, -0.2) is 22.5 Å². The third kappa shape index (κ3) is 5.11. The Morgan fingerprint density at radius 3 is 2.34 bits per heavy atom. The van der Waals surface area contributed by atoms with E-state index in [0.717, 1.165) is 37.8 Å². The van der Waals surface area contributed by atoms with Gasteiger partial charge in [0.2, 0.25) is 5.79 Å². The first kappa shape index (κ1) is 23.8.